The molecule has 0 saturated carbocycles. The van der Waals surface area contributed by atoms with E-state index in [1.54, 1.807) is 0 Å². The topological polar surface area (TPSA) is 63.6 Å². The van der Waals surface area contributed by atoms with Crippen molar-refractivity contribution < 1.29 is 19.4 Å². The molecule has 1 atom stereocenters. The summed E-state index contributed by atoms with van der Waals surface area (Å²) in [4.78, 5) is 20.2. The van der Waals surface area contributed by atoms with E-state index in [0.717, 1.165) is 0 Å². The Balaban J connectivity index is 0.000000640. The zero-order chi connectivity index (χ0) is 6.15. The van der Waals surface area contributed by atoms with Crippen LogP contribution in [-0.2, 0) is 14.3 Å². The Bertz CT molecular complexity index is 140. The molecule has 1 rings (SSSR count). The van der Waals surface area contributed by atoms with Crippen LogP contribution in [0.2, 0.25) is 0 Å². The average Bonchev–Trinajstić information content (AvgIpc) is 1.85. The van der Waals surface area contributed by atoms with Crippen LogP contribution in [0.5, 0.6) is 0 Å². The maximum absolute atomic E-state index is 10.1. The summed E-state index contributed by atoms with van der Waals surface area (Å²) >= 11 is 0. The fraction of sp³-hybridized carbons (Fsp3) is 0.600. The van der Waals surface area contributed by atoms with Gasteiger partial charge in [-0.15, -0.1) is 0 Å². The molecule has 4 nitrogen and oxygen atoms in total. The van der Waals surface area contributed by atoms with Gasteiger partial charge in [-0.3, -0.25) is 4.79 Å². The number of aliphatic hydroxyl groups excluding tert-OH is 1. The van der Waals surface area contributed by atoms with E-state index in [-0.39, 0.29) is 13.8 Å². The van der Waals surface area contributed by atoms with Gasteiger partial charge < -0.3 is 9.84 Å². The minimum Gasteiger partial charge on any atom is -0.391 e. The first-order valence-electron chi connectivity index (χ1n) is 2.13. The monoisotopic (exact) mass is 132 g/mol. The van der Waals surface area contributed by atoms with Gasteiger partial charge in [-0.05, 0) is 0 Å². The number of hydrogen-bond donors (Lipinski definition) is 1. The standard InChI is InChI=1S/C4H4O4.CH4/c5-2-1-3(6)8-4(2)7;/h2,5H,1H2;1H4. The minimum absolute atomic E-state index is 0. The normalized spacial score (nSPS) is 25.2. The molecule has 0 amide bonds. The molecule has 9 heavy (non-hydrogen) atoms. The van der Waals surface area contributed by atoms with Gasteiger partial charge in [0.05, 0.1) is 6.42 Å². The van der Waals surface area contributed by atoms with E-state index < -0.39 is 18.0 Å². The van der Waals surface area contributed by atoms with Crippen molar-refractivity contribution in [3.8, 4) is 0 Å². The number of carbonyl (C=O) groups excluding carboxylic acids is 2. The Labute approximate surface area is 52.4 Å². The van der Waals surface area contributed by atoms with Crippen LogP contribution in [0.25, 0.3) is 0 Å². The Morgan fingerprint density at radius 2 is 2.11 bits per heavy atom. The molecule has 0 aromatic rings. The van der Waals surface area contributed by atoms with Crippen LogP contribution in [-0.4, -0.2) is 23.1 Å². The summed E-state index contributed by atoms with van der Waals surface area (Å²) in [5.74, 6) is -1.49. The molecule has 0 bridgehead atoms. The third kappa shape index (κ3) is 1.50. The number of rotatable bonds is 0. The van der Waals surface area contributed by atoms with Crippen LogP contribution < -0.4 is 0 Å². The summed E-state index contributed by atoms with van der Waals surface area (Å²) < 4.78 is 3.95. The molecule has 1 fully saturated rings. The first-order valence-corrected chi connectivity index (χ1v) is 2.13. The Morgan fingerprint density at radius 3 is 2.22 bits per heavy atom. The number of hydrogen-bond acceptors (Lipinski definition) is 4. The van der Waals surface area contributed by atoms with Gasteiger partial charge >= 0.3 is 11.9 Å². The summed E-state index contributed by atoms with van der Waals surface area (Å²) in [6, 6.07) is 0. The molecule has 0 radical (unpaired) electrons. The highest BCUT2D eigenvalue weighted by Crippen LogP contribution is 2.05. The summed E-state index contributed by atoms with van der Waals surface area (Å²) in [5, 5.41) is 8.47. The van der Waals surface area contributed by atoms with E-state index in [1.165, 1.54) is 0 Å². The highest BCUT2D eigenvalue weighted by atomic mass is 16.6. The summed E-state index contributed by atoms with van der Waals surface area (Å²) in [7, 11) is 0. The van der Waals surface area contributed by atoms with Crippen LogP contribution in [0, 0.1) is 0 Å². The van der Waals surface area contributed by atoms with E-state index in [1.807, 2.05) is 0 Å². The second-order valence-corrected chi connectivity index (χ2v) is 1.51. The molecular weight excluding hydrogens is 124 g/mol. The lowest BCUT2D eigenvalue weighted by molar-refractivity contribution is -0.154. The lowest BCUT2D eigenvalue weighted by Gasteiger charge is -1.86. The van der Waals surface area contributed by atoms with Gasteiger partial charge in [0, 0.05) is 0 Å². The van der Waals surface area contributed by atoms with Gasteiger partial charge in [0.1, 0.15) is 0 Å². The third-order valence-electron chi connectivity index (χ3n) is 0.847. The van der Waals surface area contributed by atoms with Crippen LogP contribution in [0.4, 0.5) is 0 Å². The van der Waals surface area contributed by atoms with Crippen molar-refractivity contribution in [1.82, 2.24) is 0 Å². The predicted octanol–water partition coefficient (Wildman–Crippen LogP) is -0.543. The Morgan fingerprint density at radius 1 is 1.56 bits per heavy atom. The second-order valence-electron chi connectivity index (χ2n) is 1.51. The fourth-order valence-corrected chi connectivity index (χ4v) is 0.463. The number of ether oxygens (including phenoxy) is 1. The van der Waals surface area contributed by atoms with Crippen LogP contribution in [0.1, 0.15) is 13.8 Å². The molecule has 0 aromatic carbocycles. The molecule has 0 spiro atoms. The second kappa shape index (κ2) is 2.59. The van der Waals surface area contributed by atoms with Crippen molar-refractivity contribution in [3.05, 3.63) is 0 Å². The largest absolute Gasteiger partial charge is 0.391 e. The van der Waals surface area contributed by atoms with Gasteiger partial charge in [0.25, 0.3) is 0 Å². The van der Waals surface area contributed by atoms with Crippen LogP contribution in [0.3, 0.4) is 0 Å². The van der Waals surface area contributed by atoms with Gasteiger partial charge in [-0.25, -0.2) is 4.79 Å². The number of cyclic esters (lactones) is 2. The molecule has 52 valence electrons. The fourth-order valence-electron chi connectivity index (χ4n) is 0.463. The maximum Gasteiger partial charge on any atom is 0.343 e. The van der Waals surface area contributed by atoms with Gasteiger partial charge in [-0.1, -0.05) is 7.43 Å². The van der Waals surface area contributed by atoms with Crippen LogP contribution in [0.15, 0.2) is 0 Å². The van der Waals surface area contributed by atoms with Crippen molar-refractivity contribution in [2.75, 3.05) is 0 Å². The molecule has 1 aliphatic rings. The zero-order valence-electron chi connectivity index (χ0n) is 3.96. The summed E-state index contributed by atoms with van der Waals surface area (Å²) in [6.07, 6.45) is -1.42. The first kappa shape index (κ1) is 8.10. The highest BCUT2D eigenvalue weighted by molar-refractivity contribution is 5.95. The lowest BCUT2D eigenvalue weighted by Crippen LogP contribution is -2.11. The maximum atomic E-state index is 10.1. The minimum atomic E-state index is -1.22. The SMILES string of the molecule is C.O=C1CC(O)C(=O)O1. The molecular formula is C5H8O4. The van der Waals surface area contributed by atoms with Crippen molar-refractivity contribution in [2.24, 2.45) is 0 Å². The Hall–Kier alpha value is -0.900. The van der Waals surface area contributed by atoms with E-state index in [4.69, 9.17) is 5.11 Å². The molecule has 1 saturated heterocycles. The zero-order valence-corrected chi connectivity index (χ0v) is 3.96. The van der Waals surface area contributed by atoms with Crippen molar-refractivity contribution >= 4 is 11.9 Å². The lowest BCUT2D eigenvalue weighted by atomic mass is 10.3. The Kier molecular flexibility index (Phi) is 2.33. The van der Waals surface area contributed by atoms with Gasteiger partial charge in [0.15, 0.2) is 6.10 Å². The summed E-state index contributed by atoms with van der Waals surface area (Å²) in [5.41, 5.74) is 0. The molecule has 4 heteroatoms. The first-order chi connectivity index (χ1) is 3.70. The number of carbonyl (C=O) groups is 2. The molecule has 1 aliphatic heterocycles. The van der Waals surface area contributed by atoms with Gasteiger partial charge in [-0.2, -0.15) is 0 Å². The number of aliphatic hydroxyl groups is 1. The smallest absolute Gasteiger partial charge is 0.343 e. The third-order valence-corrected chi connectivity index (χ3v) is 0.847. The molecule has 0 aliphatic carbocycles. The molecule has 1 heterocycles. The number of esters is 2. The van der Waals surface area contributed by atoms with E-state index >= 15 is 0 Å². The van der Waals surface area contributed by atoms with Crippen molar-refractivity contribution in [3.63, 3.8) is 0 Å². The highest BCUT2D eigenvalue weighted by Gasteiger charge is 2.30. The molecule has 0 aromatic heterocycles. The van der Waals surface area contributed by atoms with E-state index in [9.17, 15) is 9.59 Å². The summed E-state index contributed by atoms with van der Waals surface area (Å²) in [6.45, 7) is 0. The quantitative estimate of drug-likeness (QED) is 0.355. The van der Waals surface area contributed by atoms with Crippen LogP contribution >= 0.6 is 0 Å². The molecule has 1 unspecified atom stereocenters. The predicted molar refractivity (Wildman–Crippen MR) is 28.5 cm³/mol. The van der Waals surface area contributed by atoms with Crippen molar-refractivity contribution in [1.29, 1.82) is 0 Å². The van der Waals surface area contributed by atoms with E-state index in [2.05, 4.69) is 4.74 Å². The average molecular weight is 132 g/mol. The molecule has 1 N–H and O–H groups in total. The van der Waals surface area contributed by atoms with E-state index in [0.29, 0.717) is 0 Å². The van der Waals surface area contributed by atoms with Gasteiger partial charge in [0.2, 0.25) is 0 Å². The van der Waals surface area contributed by atoms with Crippen molar-refractivity contribution in [2.45, 2.75) is 20.0 Å².